The van der Waals surface area contributed by atoms with Crippen molar-refractivity contribution in [1.82, 2.24) is 0 Å². The van der Waals surface area contributed by atoms with Crippen molar-refractivity contribution in [1.29, 1.82) is 0 Å². The van der Waals surface area contributed by atoms with Crippen molar-refractivity contribution in [2.75, 3.05) is 26.9 Å². The third-order valence-corrected chi connectivity index (χ3v) is 2.53. The molecule has 6 nitrogen and oxygen atoms in total. The molecule has 0 radical (unpaired) electrons. The maximum Gasteiger partial charge on any atom is 0.321 e. The highest BCUT2D eigenvalue weighted by Crippen LogP contribution is 2.27. The Balaban J connectivity index is 4.23. The molecule has 0 atom stereocenters. The van der Waals surface area contributed by atoms with E-state index >= 15 is 0 Å². The minimum absolute atomic E-state index is 0.0330. The quantitative estimate of drug-likeness (QED) is 0.448. The summed E-state index contributed by atoms with van der Waals surface area (Å²) in [4.78, 5) is 21.9. The minimum atomic E-state index is -1.74. The minimum Gasteiger partial charge on any atom is -0.480 e. The highest BCUT2D eigenvalue weighted by Gasteiger charge is 2.44. The molecule has 0 bridgehead atoms. The van der Waals surface area contributed by atoms with Gasteiger partial charge in [-0.3, -0.25) is 9.59 Å². The molecule has 0 heterocycles. The smallest absolute Gasteiger partial charge is 0.321 e. The number of hydrogen-bond acceptors (Lipinski definition) is 4. The molecule has 0 saturated carbocycles. The van der Waals surface area contributed by atoms with Gasteiger partial charge in [-0.1, -0.05) is 6.92 Å². The van der Waals surface area contributed by atoms with Crippen LogP contribution in [0.5, 0.6) is 0 Å². The number of ether oxygens (including phenoxy) is 2. The van der Waals surface area contributed by atoms with Crippen molar-refractivity contribution >= 4 is 11.9 Å². The van der Waals surface area contributed by atoms with Gasteiger partial charge in [-0.2, -0.15) is 0 Å². The van der Waals surface area contributed by atoms with Crippen LogP contribution in [0.1, 0.15) is 19.8 Å². The van der Waals surface area contributed by atoms with Gasteiger partial charge in [0.15, 0.2) is 5.41 Å². The Kier molecular flexibility index (Phi) is 6.67. The predicted octanol–water partition coefficient (Wildman–Crippen LogP) is 0.605. The lowest BCUT2D eigenvalue weighted by molar-refractivity contribution is -0.166. The second-order valence-corrected chi connectivity index (χ2v) is 3.40. The van der Waals surface area contributed by atoms with Gasteiger partial charge in [-0.15, -0.1) is 0 Å². The number of rotatable bonds is 9. The summed E-state index contributed by atoms with van der Waals surface area (Å²) in [5, 5.41) is 17.9. The van der Waals surface area contributed by atoms with E-state index in [1.807, 2.05) is 0 Å². The number of methoxy groups -OCH3 is 1. The summed E-state index contributed by atoms with van der Waals surface area (Å²) in [5.41, 5.74) is -1.74. The second-order valence-electron chi connectivity index (χ2n) is 3.40. The molecule has 0 aliphatic carbocycles. The summed E-state index contributed by atoms with van der Waals surface area (Å²) in [5.74, 6) is -2.64. The number of carbonyl (C=O) groups is 2. The Morgan fingerprint density at radius 2 is 1.69 bits per heavy atom. The van der Waals surface area contributed by atoms with Crippen LogP contribution in [0.15, 0.2) is 0 Å². The van der Waals surface area contributed by atoms with Crippen molar-refractivity contribution < 1.29 is 29.3 Å². The zero-order chi connectivity index (χ0) is 12.6. The average Bonchev–Trinajstić information content (AvgIpc) is 2.22. The van der Waals surface area contributed by atoms with Crippen molar-refractivity contribution in [3.8, 4) is 0 Å². The SMILES string of the molecule is CCC(CCOCCOC)(C(=O)O)C(=O)O. The van der Waals surface area contributed by atoms with Gasteiger partial charge >= 0.3 is 11.9 Å². The Hall–Kier alpha value is -1.14. The molecule has 0 saturated heterocycles. The summed E-state index contributed by atoms with van der Waals surface area (Å²) in [6.45, 7) is 2.36. The Morgan fingerprint density at radius 1 is 1.12 bits per heavy atom. The molecule has 0 aliphatic heterocycles. The lowest BCUT2D eigenvalue weighted by Gasteiger charge is -2.22. The number of hydrogen-bond donors (Lipinski definition) is 2. The number of aliphatic carboxylic acids is 2. The summed E-state index contributed by atoms with van der Waals surface area (Å²) < 4.78 is 9.82. The van der Waals surface area contributed by atoms with E-state index in [1.54, 1.807) is 0 Å². The Bertz CT molecular complexity index is 223. The van der Waals surface area contributed by atoms with Crippen molar-refractivity contribution in [3.05, 3.63) is 0 Å². The van der Waals surface area contributed by atoms with E-state index in [2.05, 4.69) is 0 Å². The third kappa shape index (κ3) is 3.79. The van der Waals surface area contributed by atoms with Gasteiger partial charge in [0.2, 0.25) is 0 Å². The zero-order valence-corrected chi connectivity index (χ0v) is 9.56. The summed E-state index contributed by atoms with van der Waals surface area (Å²) in [7, 11) is 1.52. The van der Waals surface area contributed by atoms with E-state index < -0.39 is 17.4 Å². The molecule has 0 rings (SSSR count). The van der Waals surface area contributed by atoms with Crippen LogP contribution in [-0.2, 0) is 19.1 Å². The molecule has 16 heavy (non-hydrogen) atoms. The largest absolute Gasteiger partial charge is 0.480 e. The predicted molar refractivity (Wildman–Crippen MR) is 55.3 cm³/mol. The first-order valence-corrected chi connectivity index (χ1v) is 5.04. The van der Waals surface area contributed by atoms with Crippen LogP contribution in [0.2, 0.25) is 0 Å². The zero-order valence-electron chi connectivity index (χ0n) is 9.56. The van der Waals surface area contributed by atoms with Crippen LogP contribution >= 0.6 is 0 Å². The van der Waals surface area contributed by atoms with E-state index in [9.17, 15) is 9.59 Å². The summed E-state index contributed by atoms with van der Waals surface area (Å²) in [6, 6.07) is 0. The van der Waals surface area contributed by atoms with Crippen molar-refractivity contribution in [2.45, 2.75) is 19.8 Å². The van der Waals surface area contributed by atoms with Crippen LogP contribution in [-0.4, -0.2) is 49.1 Å². The maximum atomic E-state index is 11.0. The molecule has 2 N–H and O–H groups in total. The molecule has 0 aromatic rings. The van der Waals surface area contributed by atoms with Crippen molar-refractivity contribution in [3.63, 3.8) is 0 Å². The van der Waals surface area contributed by atoms with E-state index in [1.165, 1.54) is 14.0 Å². The standard InChI is InChI=1S/C10H18O6/c1-3-10(8(11)12,9(13)14)4-5-16-7-6-15-2/h3-7H2,1-2H3,(H,11,12)(H,13,14). The lowest BCUT2D eigenvalue weighted by Crippen LogP contribution is -2.39. The summed E-state index contributed by atoms with van der Waals surface area (Å²) in [6.07, 6.45) is -0.0107. The monoisotopic (exact) mass is 234 g/mol. The van der Waals surface area contributed by atoms with Crippen LogP contribution in [0, 0.1) is 5.41 Å². The fraction of sp³-hybridized carbons (Fsp3) is 0.800. The molecule has 94 valence electrons. The molecule has 0 spiro atoms. The Labute approximate surface area is 94.2 Å². The lowest BCUT2D eigenvalue weighted by atomic mass is 9.82. The van der Waals surface area contributed by atoms with E-state index in [4.69, 9.17) is 19.7 Å². The van der Waals surface area contributed by atoms with E-state index in [0.29, 0.717) is 13.2 Å². The number of carboxylic acids is 2. The molecule has 0 aromatic carbocycles. The van der Waals surface area contributed by atoms with Gasteiger partial charge < -0.3 is 19.7 Å². The first kappa shape index (κ1) is 14.9. The van der Waals surface area contributed by atoms with Gasteiger partial charge in [0.25, 0.3) is 0 Å². The van der Waals surface area contributed by atoms with Crippen LogP contribution in [0.4, 0.5) is 0 Å². The highest BCUT2D eigenvalue weighted by molar-refractivity contribution is 5.98. The molecule has 0 aromatic heterocycles. The topological polar surface area (TPSA) is 93.1 Å². The van der Waals surface area contributed by atoms with Crippen LogP contribution < -0.4 is 0 Å². The number of carboxylic acid groups (broad SMARTS) is 2. The van der Waals surface area contributed by atoms with Gasteiger partial charge in [0.05, 0.1) is 13.2 Å². The van der Waals surface area contributed by atoms with E-state index in [-0.39, 0.29) is 19.4 Å². The molecular formula is C10H18O6. The molecule has 0 amide bonds. The molecule has 6 heteroatoms. The molecule has 0 unspecified atom stereocenters. The van der Waals surface area contributed by atoms with Gasteiger partial charge in [0.1, 0.15) is 0 Å². The highest BCUT2D eigenvalue weighted by atomic mass is 16.5. The van der Waals surface area contributed by atoms with Gasteiger partial charge in [0, 0.05) is 13.7 Å². The molecule has 0 aliphatic rings. The first-order chi connectivity index (χ1) is 7.51. The second kappa shape index (κ2) is 7.19. The summed E-state index contributed by atoms with van der Waals surface area (Å²) >= 11 is 0. The van der Waals surface area contributed by atoms with Gasteiger partial charge in [-0.05, 0) is 12.8 Å². The first-order valence-electron chi connectivity index (χ1n) is 5.04. The van der Waals surface area contributed by atoms with E-state index in [0.717, 1.165) is 0 Å². The molecular weight excluding hydrogens is 216 g/mol. The van der Waals surface area contributed by atoms with Crippen molar-refractivity contribution in [2.24, 2.45) is 5.41 Å². The van der Waals surface area contributed by atoms with Crippen LogP contribution in [0.3, 0.4) is 0 Å². The fourth-order valence-electron chi connectivity index (χ4n) is 1.28. The third-order valence-electron chi connectivity index (χ3n) is 2.53. The average molecular weight is 234 g/mol. The van der Waals surface area contributed by atoms with Crippen LogP contribution in [0.25, 0.3) is 0 Å². The maximum absolute atomic E-state index is 11.0. The Morgan fingerprint density at radius 3 is 2.06 bits per heavy atom. The van der Waals surface area contributed by atoms with Gasteiger partial charge in [-0.25, -0.2) is 0 Å². The molecule has 0 fully saturated rings. The normalized spacial score (nSPS) is 11.4. The fourth-order valence-corrected chi connectivity index (χ4v) is 1.28.